The minimum atomic E-state index is 0.654. The Kier molecular flexibility index (Phi) is 5.53. The molecule has 1 aromatic rings. The topological polar surface area (TPSA) is 29.9 Å². The Morgan fingerprint density at radius 3 is 2.62 bits per heavy atom. The molecular formula is C13H25N3. The van der Waals surface area contributed by atoms with Crippen molar-refractivity contribution in [1.29, 1.82) is 0 Å². The first-order chi connectivity index (χ1) is 7.65. The monoisotopic (exact) mass is 223 g/mol. The second-order valence-corrected chi connectivity index (χ2v) is 4.84. The van der Waals surface area contributed by atoms with E-state index in [0.29, 0.717) is 6.04 Å². The minimum absolute atomic E-state index is 0.654. The Balaban J connectivity index is 2.19. The average Bonchev–Trinajstić information content (AvgIpc) is 2.64. The molecule has 0 bridgehead atoms. The second kappa shape index (κ2) is 6.69. The van der Waals surface area contributed by atoms with Crippen molar-refractivity contribution in [3.05, 3.63) is 18.2 Å². The SMILES string of the molecule is CNC(CCCCc1nccn1C)C(C)C. The van der Waals surface area contributed by atoms with Gasteiger partial charge in [-0.05, 0) is 25.8 Å². The van der Waals surface area contributed by atoms with Crippen molar-refractivity contribution < 1.29 is 0 Å². The molecule has 1 atom stereocenters. The highest BCUT2D eigenvalue weighted by molar-refractivity contribution is 4.90. The number of aryl methyl sites for hydroxylation is 2. The molecule has 0 aliphatic carbocycles. The van der Waals surface area contributed by atoms with Crippen LogP contribution in [-0.4, -0.2) is 22.6 Å². The smallest absolute Gasteiger partial charge is 0.108 e. The van der Waals surface area contributed by atoms with Crippen molar-refractivity contribution in [3.8, 4) is 0 Å². The zero-order valence-electron chi connectivity index (χ0n) is 11.0. The van der Waals surface area contributed by atoms with Gasteiger partial charge in [-0.1, -0.05) is 20.3 Å². The van der Waals surface area contributed by atoms with Gasteiger partial charge in [-0.15, -0.1) is 0 Å². The summed E-state index contributed by atoms with van der Waals surface area (Å²) in [4.78, 5) is 4.34. The number of hydrogen-bond donors (Lipinski definition) is 1. The summed E-state index contributed by atoms with van der Waals surface area (Å²) >= 11 is 0. The Morgan fingerprint density at radius 1 is 1.38 bits per heavy atom. The molecule has 0 amide bonds. The van der Waals surface area contributed by atoms with Crippen LogP contribution in [-0.2, 0) is 13.5 Å². The number of unbranched alkanes of at least 4 members (excludes halogenated alkanes) is 1. The van der Waals surface area contributed by atoms with Crippen LogP contribution in [0.15, 0.2) is 12.4 Å². The molecule has 0 aliphatic rings. The van der Waals surface area contributed by atoms with Gasteiger partial charge in [-0.2, -0.15) is 0 Å². The Labute approximate surface area is 99.3 Å². The standard InChI is InChI=1S/C13H25N3/c1-11(2)12(14-3)7-5-6-8-13-15-9-10-16(13)4/h9-12,14H,5-8H2,1-4H3. The summed E-state index contributed by atoms with van der Waals surface area (Å²) in [6.07, 6.45) is 8.75. The maximum absolute atomic E-state index is 4.34. The third-order valence-electron chi connectivity index (χ3n) is 3.26. The van der Waals surface area contributed by atoms with Crippen molar-refractivity contribution in [2.45, 2.75) is 45.6 Å². The molecule has 1 rings (SSSR count). The molecule has 1 aromatic heterocycles. The van der Waals surface area contributed by atoms with Gasteiger partial charge in [-0.3, -0.25) is 0 Å². The molecule has 3 heteroatoms. The van der Waals surface area contributed by atoms with E-state index >= 15 is 0 Å². The number of aromatic nitrogens is 2. The summed E-state index contributed by atoms with van der Waals surface area (Å²) in [5.41, 5.74) is 0. The number of nitrogens with one attached hydrogen (secondary N) is 1. The van der Waals surface area contributed by atoms with Crippen LogP contribution in [0, 0.1) is 5.92 Å². The summed E-state index contributed by atoms with van der Waals surface area (Å²) in [5.74, 6) is 1.92. The molecule has 0 radical (unpaired) electrons. The van der Waals surface area contributed by atoms with Crippen LogP contribution in [0.25, 0.3) is 0 Å². The number of imidazole rings is 1. The van der Waals surface area contributed by atoms with E-state index in [4.69, 9.17) is 0 Å². The molecule has 92 valence electrons. The highest BCUT2D eigenvalue weighted by atomic mass is 15.0. The van der Waals surface area contributed by atoms with Gasteiger partial charge in [0.25, 0.3) is 0 Å². The van der Waals surface area contributed by atoms with E-state index in [2.05, 4.69) is 42.8 Å². The lowest BCUT2D eigenvalue weighted by molar-refractivity contribution is 0.388. The van der Waals surface area contributed by atoms with E-state index in [0.717, 1.165) is 12.3 Å². The van der Waals surface area contributed by atoms with Gasteiger partial charge in [0.05, 0.1) is 0 Å². The quantitative estimate of drug-likeness (QED) is 0.719. The molecule has 1 unspecified atom stereocenters. The Morgan fingerprint density at radius 2 is 2.12 bits per heavy atom. The van der Waals surface area contributed by atoms with Crippen LogP contribution in [0.5, 0.6) is 0 Å². The van der Waals surface area contributed by atoms with Crippen LogP contribution in [0.1, 0.15) is 38.9 Å². The highest BCUT2D eigenvalue weighted by Crippen LogP contribution is 2.11. The first-order valence-electron chi connectivity index (χ1n) is 6.28. The number of nitrogens with zero attached hydrogens (tertiary/aromatic N) is 2. The van der Waals surface area contributed by atoms with Gasteiger partial charge in [0.2, 0.25) is 0 Å². The molecule has 0 aliphatic heterocycles. The lowest BCUT2D eigenvalue weighted by Crippen LogP contribution is -2.30. The molecule has 1 heterocycles. The van der Waals surface area contributed by atoms with Crippen molar-refractivity contribution in [3.63, 3.8) is 0 Å². The van der Waals surface area contributed by atoms with Gasteiger partial charge in [0.1, 0.15) is 5.82 Å². The number of hydrogen-bond acceptors (Lipinski definition) is 2. The Hall–Kier alpha value is -0.830. The van der Waals surface area contributed by atoms with E-state index < -0.39 is 0 Å². The molecule has 0 saturated heterocycles. The van der Waals surface area contributed by atoms with Gasteiger partial charge in [0, 0.05) is 31.9 Å². The Bertz CT molecular complexity index is 291. The van der Waals surface area contributed by atoms with E-state index in [-0.39, 0.29) is 0 Å². The maximum Gasteiger partial charge on any atom is 0.108 e. The van der Waals surface area contributed by atoms with Gasteiger partial charge in [-0.25, -0.2) is 4.98 Å². The van der Waals surface area contributed by atoms with Crippen LogP contribution in [0.4, 0.5) is 0 Å². The van der Waals surface area contributed by atoms with Gasteiger partial charge >= 0.3 is 0 Å². The third-order valence-corrected chi connectivity index (χ3v) is 3.26. The lowest BCUT2D eigenvalue weighted by atomic mass is 9.98. The molecule has 1 N–H and O–H groups in total. The zero-order valence-corrected chi connectivity index (χ0v) is 11.0. The predicted octanol–water partition coefficient (Wildman–Crippen LogP) is 2.38. The van der Waals surface area contributed by atoms with E-state index in [1.807, 2.05) is 12.4 Å². The van der Waals surface area contributed by atoms with Gasteiger partial charge in [0.15, 0.2) is 0 Å². The summed E-state index contributed by atoms with van der Waals surface area (Å²) in [5, 5.41) is 3.39. The van der Waals surface area contributed by atoms with Crippen molar-refractivity contribution in [1.82, 2.24) is 14.9 Å². The fraction of sp³-hybridized carbons (Fsp3) is 0.769. The zero-order chi connectivity index (χ0) is 12.0. The van der Waals surface area contributed by atoms with Crippen molar-refractivity contribution in [2.24, 2.45) is 13.0 Å². The van der Waals surface area contributed by atoms with Crippen molar-refractivity contribution in [2.75, 3.05) is 7.05 Å². The third kappa shape index (κ3) is 3.97. The first-order valence-corrected chi connectivity index (χ1v) is 6.28. The fourth-order valence-electron chi connectivity index (χ4n) is 2.10. The van der Waals surface area contributed by atoms with Gasteiger partial charge < -0.3 is 9.88 Å². The highest BCUT2D eigenvalue weighted by Gasteiger charge is 2.09. The molecular weight excluding hydrogens is 198 g/mol. The van der Waals surface area contributed by atoms with Crippen molar-refractivity contribution >= 4 is 0 Å². The summed E-state index contributed by atoms with van der Waals surface area (Å²) in [6, 6.07) is 0.654. The summed E-state index contributed by atoms with van der Waals surface area (Å²) in [7, 11) is 4.12. The number of rotatable bonds is 7. The molecule has 3 nitrogen and oxygen atoms in total. The molecule has 16 heavy (non-hydrogen) atoms. The van der Waals surface area contributed by atoms with Crippen LogP contribution in [0.3, 0.4) is 0 Å². The largest absolute Gasteiger partial charge is 0.338 e. The fourth-order valence-corrected chi connectivity index (χ4v) is 2.10. The van der Waals surface area contributed by atoms with Crippen LogP contribution in [0.2, 0.25) is 0 Å². The summed E-state index contributed by atoms with van der Waals surface area (Å²) < 4.78 is 2.11. The lowest BCUT2D eigenvalue weighted by Gasteiger charge is -2.19. The average molecular weight is 223 g/mol. The normalized spacial score (nSPS) is 13.3. The van der Waals surface area contributed by atoms with E-state index in [1.54, 1.807) is 0 Å². The first kappa shape index (κ1) is 13.2. The molecule has 0 spiro atoms. The second-order valence-electron chi connectivity index (χ2n) is 4.84. The summed E-state index contributed by atoms with van der Waals surface area (Å²) in [6.45, 7) is 4.56. The predicted molar refractivity (Wildman–Crippen MR) is 68.4 cm³/mol. The van der Waals surface area contributed by atoms with E-state index in [9.17, 15) is 0 Å². The molecule has 0 aromatic carbocycles. The maximum atomic E-state index is 4.34. The molecule has 0 fully saturated rings. The minimum Gasteiger partial charge on any atom is -0.338 e. The molecule has 0 saturated carbocycles. The van der Waals surface area contributed by atoms with Crippen LogP contribution >= 0.6 is 0 Å². The van der Waals surface area contributed by atoms with Crippen LogP contribution < -0.4 is 5.32 Å². The van der Waals surface area contributed by atoms with E-state index in [1.165, 1.54) is 25.1 Å².